The minimum Gasteiger partial charge on any atom is -0.422 e. The Bertz CT molecular complexity index is 1240. The Morgan fingerprint density at radius 3 is 2.75 bits per heavy atom. The van der Waals surface area contributed by atoms with Crippen LogP contribution in [0.2, 0.25) is 0 Å². The molecule has 0 atom stereocenters. The molecule has 0 bridgehead atoms. The van der Waals surface area contributed by atoms with Gasteiger partial charge in [0.05, 0.1) is 12.2 Å². The quantitative estimate of drug-likeness (QED) is 0.549. The van der Waals surface area contributed by atoms with E-state index in [0.717, 1.165) is 16.8 Å². The molecule has 2 aromatic carbocycles. The zero-order chi connectivity index (χ0) is 19.7. The molecule has 8 nitrogen and oxygen atoms in total. The Balaban J connectivity index is 1.56. The van der Waals surface area contributed by atoms with Crippen molar-refractivity contribution in [2.45, 2.75) is 20.4 Å². The summed E-state index contributed by atoms with van der Waals surface area (Å²) >= 11 is 0. The lowest BCUT2D eigenvalue weighted by Gasteiger charge is -2.08. The highest BCUT2D eigenvalue weighted by Crippen LogP contribution is 2.15. The molecule has 4 rings (SSSR count). The van der Waals surface area contributed by atoms with Crippen molar-refractivity contribution in [2.75, 3.05) is 0 Å². The Morgan fingerprint density at radius 2 is 1.93 bits per heavy atom. The van der Waals surface area contributed by atoms with Crippen molar-refractivity contribution in [3.63, 3.8) is 0 Å². The minimum atomic E-state index is -0.690. The molecular formula is C20H17N5O3. The molecule has 140 valence electrons. The van der Waals surface area contributed by atoms with Crippen molar-refractivity contribution in [2.24, 2.45) is 0 Å². The monoisotopic (exact) mass is 375 g/mol. The number of fused-ring (bicyclic) bond motifs is 1. The molecule has 1 N–H and O–H groups in total. The number of carbonyl (C=O) groups excluding carboxylic acids is 1. The smallest absolute Gasteiger partial charge is 0.349 e. The Kier molecular flexibility index (Phi) is 4.44. The molecule has 0 unspecified atom stereocenters. The van der Waals surface area contributed by atoms with Gasteiger partial charge in [-0.25, -0.2) is 4.79 Å². The fraction of sp³-hybridized carbons (Fsp3) is 0.150. The summed E-state index contributed by atoms with van der Waals surface area (Å²) in [5.74, 6) is -0.101. The molecule has 1 amide bonds. The van der Waals surface area contributed by atoms with E-state index in [1.165, 1.54) is 6.07 Å². The second kappa shape index (κ2) is 7.07. The summed E-state index contributed by atoms with van der Waals surface area (Å²) in [7, 11) is 0. The van der Waals surface area contributed by atoms with Gasteiger partial charge in [-0.05, 0) is 59.7 Å². The number of aromatic nitrogens is 4. The Labute approximate surface area is 159 Å². The van der Waals surface area contributed by atoms with Crippen molar-refractivity contribution in [1.29, 1.82) is 0 Å². The number of carbonyl (C=O) groups is 1. The average Bonchev–Trinajstić information content (AvgIpc) is 3.16. The van der Waals surface area contributed by atoms with Gasteiger partial charge in [-0.3, -0.25) is 4.79 Å². The van der Waals surface area contributed by atoms with Crippen LogP contribution in [-0.2, 0) is 6.54 Å². The Hall–Kier alpha value is -3.81. The van der Waals surface area contributed by atoms with Gasteiger partial charge in [0.15, 0.2) is 5.82 Å². The Morgan fingerprint density at radius 1 is 1.11 bits per heavy atom. The van der Waals surface area contributed by atoms with Gasteiger partial charge in [0.25, 0.3) is 5.91 Å². The molecule has 0 aliphatic heterocycles. The van der Waals surface area contributed by atoms with Crippen molar-refractivity contribution in [3.05, 3.63) is 81.5 Å². The van der Waals surface area contributed by atoms with Gasteiger partial charge in [-0.1, -0.05) is 24.3 Å². The molecular weight excluding hydrogens is 358 g/mol. The lowest BCUT2D eigenvalue weighted by atomic mass is 10.1. The number of hydrogen-bond donors (Lipinski definition) is 1. The van der Waals surface area contributed by atoms with E-state index in [-0.39, 0.29) is 12.1 Å². The maximum absolute atomic E-state index is 12.5. The number of nitrogens with zero attached hydrogens (tertiary/aromatic N) is 4. The predicted octanol–water partition coefficient (Wildman–Crippen LogP) is 2.32. The molecule has 0 fully saturated rings. The second-order valence-corrected chi connectivity index (χ2v) is 6.44. The molecule has 0 spiro atoms. The third-order valence-electron chi connectivity index (χ3n) is 4.56. The van der Waals surface area contributed by atoms with Crippen molar-refractivity contribution < 1.29 is 9.21 Å². The van der Waals surface area contributed by atoms with Crippen LogP contribution in [0.15, 0.2) is 57.7 Å². The van der Waals surface area contributed by atoms with Crippen LogP contribution in [0.1, 0.15) is 27.3 Å². The number of aryl methyl sites for hydroxylation is 2. The first-order valence-corrected chi connectivity index (χ1v) is 8.69. The van der Waals surface area contributed by atoms with E-state index in [2.05, 4.69) is 20.8 Å². The summed E-state index contributed by atoms with van der Waals surface area (Å²) < 4.78 is 6.76. The highest BCUT2D eigenvalue weighted by atomic mass is 16.4. The summed E-state index contributed by atoms with van der Waals surface area (Å²) in [6.45, 7) is 4.09. The third-order valence-corrected chi connectivity index (χ3v) is 4.56. The standard InChI is InChI=1S/C20H17N5O3/c1-12-7-8-15(9-13(12)2)25-18(22-23-24-25)11-21-19(26)16-10-14-5-3-4-6-17(14)28-20(16)27/h3-10H,11H2,1-2H3,(H,21,26). The summed E-state index contributed by atoms with van der Waals surface area (Å²) in [5, 5.41) is 15.0. The van der Waals surface area contributed by atoms with Gasteiger partial charge in [0.2, 0.25) is 0 Å². The van der Waals surface area contributed by atoms with Crippen LogP contribution >= 0.6 is 0 Å². The van der Waals surface area contributed by atoms with Crippen molar-refractivity contribution in [1.82, 2.24) is 25.5 Å². The topological polar surface area (TPSA) is 103 Å². The van der Waals surface area contributed by atoms with Crippen LogP contribution < -0.4 is 10.9 Å². The molecule has 2 aromatic heterocycles. The van der Waals surface area contributed by atoms with Gasteiger partial charge in [-0.2, -0.15) is 4.68 Å². The van der Waals surface area contributed by atoms with Crippen LogP contribution in [0.25, 0.3) is 16.7 Å². The van der Waals surface area contributed by atoms with E-state index >= 15 is 0 Å². The maximum Gasteiger partial charge on any atom is 0.349 e. The molecule has 2 heterocycles. The van der Waals surface area contributed by atoms with Crippen molar-refractivity contribution in [3.8, 4) is 5.69 Å². The summed E-state index contributed by atoms with van der Waals surface area (Å²) in [6, 6.07) is 14.4. The average molecular weight is 375 g/mol. The van der Waals surface area contributed by atoms with Crippen LogP contribution in [0.5, 0.6) is 0 Å². The number of rotatable bonds is 4. The highest BCUT2D eigenvalue weighted by Gasteiger charge is 2.16. The molecule has 28 heavy (non-hydrogen) atoms. The highest BCUT2D eigenvalue weighted by molar-refractivity contribution is 5.96. The maximum atomic E-state index is 12.5. The summed E-state index contributed by atoms with van der Waals surface area (Å²) in [5.41, 5.74) is 2.74. The van der Waals surface area contributed by atoms with Crippen LogP contribution in [0, 0.1) is 13.8 Å². The third kappa shape index (κ3) is 3.27. The lowest BCUT2D eigenvalue weighted by molar-refractivity contribution is 0.0946. The number of para-hydroxylation sites is 1. The first-order chi connectivity index (χ1) is 13.5. The molecule has 0 saturated heterocycles. The first-order valence-electron chi connectivity index (χ1n) is 8.69. The number of hydrogen-bond acceptors (Lipinski definition) is 6. The molecule has 0 aliphatic rings. The number of benzene rings is 2. The fourth-order valence-corrected chi connectivity index (χ4v) is 2.85. The normalized spacial score (nSPS) is 10.9. The molecule has 0 saturated carbocycles. The van der Waals surface area contributed by atoms with Gasteiger partial charge in [-0.15, -0.1) is 5.10 Å². The number of nitrogens with one attached hydrogen (secondary N) is 1. The molecule has 4 aromatic rings. The molecule has 8 heteroatoms. The minimum absolute atomic E-state index is 0.0605. The van der Waals surface area contributed by atoms with E-state index in [1.54, 1.807) is 22.9 Å². The first kappa shape index (κ1) is 17.6. The SMILES string of the molecule is Cc1ccc(-n2nnnc2CNC(=O)c2cc3ccccc3oc2=O)cc1C. The van der Waals surface area contributed by atoms with E-state index < -0.39 is 11.5 Å². The lowest BCUT2D eigenvalue weighted by Crippen LogP contribution is -2.29. The summed E-state index contributed by atoms with van der Waals surface area (Å²) in [4.78, 5) is 24.6. The van der Waals surface area contributed by atoms with Crippen LogP contribution in [-0.4, -0.2) is 26.1 Å². The zero-order valence-electron chi connectivity index (χ0n) is 15.3. The van der Waals surface area contributed by atoms with E-state index in [0.29, 0.717) is 16.8 Å². The van der Waals surface area contributed by atoms with E-state index in [4.69, 9.17) is 4.42 Å². The predicted molar refractivity (Wildman–Crippen MR) is 102 cm³/mol. The fourth-order valence-electron chi connectivity index (χ4n) is 2.85. The van der Waals surface area contributed by atoms with E-state index in [9.17, 15) is 9.59 Å². The molecule has 0 radical (unpaired) electrons. The molecule has 0 aliphatic carbocycles. The van der Waals surface area contributed by atoms with Gasteiger partial charge in [0.1, 0.15) is 11.1 Å². The number of tetrazole rings is 1. The van der Waals surface area contributed by atoms with Crippen molar-refractivity contribution >= 4 is 16.9 Å². The van der Waals surface area contributed by atoms with Crippen LogP contribution in [0.4, 0.5) is 0 Å². The number of amides is 1. The second-order valence-electron chi connectivity index (χ2n) is 6.44. The van der Waals surface area contributed by atoms with Gasteiger partial charge in [0, 0.05) is 5.39 Å². The zero-order valence-corrected chi connectivity index (χ0v) is 15.3. The largest absolute Gasteiger partial charge is 0.422 e. The van der Waals surface area contributed by atoms with Gasteiger partial charge < -0.3 is 9.73 Å². The van der Waals surface area contributed by atoms with Gasteiger partial charge >= 0.3 is 5.63 Å². The van der Waals surface area contributed by atoms with E-state index in [1.807, 2.05) is 38.1 Å². The summed E-state index contributed by atoms with van der Waals surface area (Å²) in [6.07, 6.45) is 0. The van der Waals surface area contributed by atoms with Crippen LogP contribution in [0.3, 0.4) is 0 Å².